The van der Waals surface area contributed by atoms with Gasteiger partial charge in [-0.1, -0.05) is 0 Å². The molecule has 1 aromatic carbocycles. The molecule has 0 bridgehead atoms. The second-order valence-corrected chi connectivity index (χ2v) is 3.60. The number of fused-ring (bicyclic) bond motifs is 1. The number of aliphatic hydroxyl groups excluding tert-OH is 1. The Morgan fingerprint density at radius 1 is 1.56 bits per heavy atom. The number of anilines is 2. The molecule has 0 saturated carbocycles. The number of nitro benzene ring substituents is 1. The summed E-state index contributed by atoms with van der Waals surface area (Å²) in [6.45, 7) is 2.07. The van der Waals surface area contributed by atoms with Crippen LogP contribution in [-0.4, -0.2) is 36.3 Å². The summed E-state index contributed by atoms with van der Waals surface area (Å²) in [5.41, 5.74) is 1.74. The number of nitrogens with one attached hydrogen (secondary N) is 1. The fourth-order valence-corrected chi connectivity index (χ4v) is 1.84. The van der Waals surface area contributed by atoms with Crippen LogP contribution in [0.2, 0.25) is 0 Å². The Bertz CT molecular complexity index is 408. The zero-order chi connectivity index (χ0) is 11.5. The first-order chi connectivity index (χ1) is 7.72. The lowest BCUT2D eigenvalue weighted by Crippen LogP contribution is -2.35. The number of benzene rings is 1. The first-order valence-electron chi connectivity index (χ1n) is 5.10. The standard InChI is InChI=1S/C10H13N3O3/c14-6-5-12-4-3-11-9-2-1-8(13(15)16)7-10(9)12/h1-2,7,11,14H,3-6H2. The maximum absolute atomic E-state index is 10.7. The van der Waals surface area contributed by atoms with Crippen molar-refractivity contribution in [1.29, 1.82) is 0 Å². The Morgan fingerprint density at radius 3 is 3.06 bits per heavy atom. The van der Waals surface area contributed by atoms with Crippen molar-refractivity contribution in [2.24, 2.45) is 0 Å². The predicted octanol–water partition coefficient (Wildman–Crippen LogP) is 0.819. The first kappa shape index (κ1) is 10.7. The van der Waals surface area contributed by atoms with Gasteiger partial charge in [0.2, 0.25) is 0 Å². The molecule has 6 nitrogen and oxygen atoms in total. The molecule has 6 heteroatoms. The molecule has 0 spiro atoms. The number of rotatable bonds is 3. The Labute approximate surface area is 92.6 Å². The van der Waals surface area contributed by atoms with E-state index in [1.54, 1.807) is 6.07 Å². The summed E-state index contributed by atoms with van der Waals surface area (Å²) in [4.78, 5) is 12.2. The fraction of sp³-hybridized carbons (Fsp3) is 0.400. The molecular weight excluding hydrogens is 210 g/mol. The minimum atomic E-state index is -0.411. The highest BCUT2D eigenvalue weighted by Crippen LogP contribution is 2.32. The van der Waals surface area contributed by atoms with E-state index in [4.69, 9.17) is 5.11 Å². The molecule has 1 aliphatic heterocycles. The molecule has 0 atom stereocenters. The maximum atomic E-state index is 10.7. The molecule has 0 fully saturated rings. The molecule has 86 valence electrons. The molecule has 0 aliphatic carbocycles. The predicted molar refractivity (Wildman–Crippen MR) is 60.9 cm³/mol. The van der Waals surface area contributed by atoms with Gasteiger partial charge in [-0.25, -0.2) is 0 Å². The summed E-state index contributed by atoms with van der Waals surface area (Å²) >= 11 is 0. The lowest BCUT2D eigenvalue weighted by molar-refractivity contribution is -0.384. The van der Waals surface area contributed by atoms with Crippen LogP contribution in [-0.2, 0) is 0 Å². The van der Waals surface area contributed by atoms with E-state index in [-0.39, 0.29) is 12.3 Å². The number of nitro groups is 1. The molecule has 0 saturated heterocycles. The smallest absolute Gasteiger partial charge is 0.271 e. The van der Waals surface area contributed by atoms with E-state index in [1.165, 1.54) is 12.1 Å². The molecule has 0 aromatic heterocycles. The molecule has 1 heterocycles. The van der Waals surface area contributed by atoms with Crippen molar-refractivity contribution in [3.63, 3.8) is 0 Å². The molecule has 0 unspecified atom stereocenters. The van der Waals surface area contributed by atoms with Crippen LogP contribution in [0, 0.1) is 10.1 Å². The minimum absolute atomic E-state index is 0.0438. The Balaban J connectivity index is 2.36. The van der Waals surface area contributed by atoms with Crippen LogP contribution in [0.3, 0.4) is 0 Å². The van der Waals surface area contributed by atoms with Gasteiger partial charge in [-0.05, 0) is 6.07 Å². The van der Waals surface area contributed by atoms with Gasteiger partial charge in [0.25, 0.3) is 5.69 Å². The average molecular weight is 223 g/mol. The van der Waals surface area contributed by atoms with Crippen molar-refractivity contribution in [3.05, 3.63) is 28.3 Å². The van der Waals surface area contributed by atoms with Crippen molar-refractivity contribution >= 4 is 17.1 Å². The average Bonchev–Trinajstić information content (AvgIpc) is 2.29. The first-order valence-corrected chi connectivity index (χ1v) is 5.10. The lowest BCUT2D eigenvalue weighted by atomic mass is 10.2. The number of hydrogen-bond donors (Lipinski definition) is 2. The highest BCUT2D eigenvalue weighted by Gasteiger charge is 2.19. The van der Waals surface area contributed by atoms with E-state index in [9.17, 15) is 10.1 Å². The number of non-ortho nitro benzene ring substituents is 1. The van der Waals surface area contributed by atoms with Gasteiger partial charge in [0.05, 0.1) is 22.9 Å². The SMILES string of the molecule is O=[N+]([O-])c1ccc2c(c1)N(CCO)CCN2. The van der Waals surface area contributed by atoms with Gasteiger partial charge >= 0.3 is 0 Å². The number of aliphatic hydroxyl groups is 1. The third-order valence-corrected chi connectivity index (χ3v) is 2.60. The van der Waals surface area contributed by atoms with Gasteiger partial charge in [0, 0.05) is 31.8 Å². The number of β-amino-alcohol motifs (C(OH)–C–C–N with tert-alkyl or cyclic N) is 1. The summed E-state index contributed by atoms with van der Waals surface area (Å²) in [5, 5.41) is 22.8. The van der Waals surface area contributed by atoms with E-state index in [2.05, 4.69) is 5.32 Å². The normalized spacial score (nSPS) is 14.2. The summed E-state index contributed by atoms with van der Waals surface area (Å²) in [6, 6.07) is 4.72. The van der Waals surface area contributed by atoms with Crippen molar-refractivity contribution in [2.45, 2.75) is 0 Å². The van der Waals surface area contributed by atoms with Gasteiger partial charge in [-0.3, -0.25) is 10.1 Å². The van der Waals surface area contributed by atoms with Crippen LogP contribution < -0.4 is 10.2 Å². The fourth-order valence-electron chi connectivity index (χ4n) is 1.84. The Morgan fingerprint density at radius 2 is 2.38 bits per heavy atom. The minimum Gasteiger partial charge on any atom is -0.395 e. The number of hydrogen-bond acceptors (Lipinski definition) is 5. The molecule has 2 rings (SSSR count). The van der Waals surface area contributed by atoms with E-state index >= 15 is 0 Å². The van der Waals surface area contributed by atoms with Crippen LogP contribution in [0.5, 0.6) is 0 Å². The molecule has 16 heavy (non-hydrogen) atoms. The Kier molecular flexibility index (Phi) is 2.91. The van der Waals surface area contributed by atoms with Gasteiger partial charge in [0.15, 0.2) is 0 Å². The van der Waals surface area contributed by atoms with Crippen molar-refractivity contribution in [3.8, 4) is 0 Å². The maximum Gasteiger partial charge on any atom is 0.271 e. The summed E-state index contributed by atoms with van der Waals surface area (Å²) in [6.07, 6.45) is 0. The molecule has 1 aliphatic rings. The molecule has 0 radical (unpaired) electrons. The van der Waals surface area contributed by atoms with Crippen LogP contribution in [0.4, 0.5) is 17.1 Å². The third kappa shape index (κ3) is 1.92. The molecule has 0 amide bonds. The Hall–Kier alpha value is -1.82. The third-order valence-electron chi connectivity index (χ3n) is 2.60. The van der Waals surface area contributed by atoms with E-state index in [0.717, 1.165) is 24.5 Å². The lowest BCUT2D eigenvalue weighted by Gasteiger charge is -2.31. The monoisotopic (exact) mass is 223 g/mol. The van der Waals surface area contributed by atoms with Crippen LogP contribution >= 0.6 is 0 Å². The van der Waals surface area contributed by atoms with E-state index in [1.807, 2.05) is 4.90 Å². The van der Waals surface area contributed by atoms with Gasteiger partial charge in [-0.15, -0.1) is 0 Å². The van der Waals surface area contributed by atoms with Gasteiger partial charge in [-0.2, -0.15) is 0 Å². The second kappa shape index (κ2) is 4.36. The van der Waals surface area contributed by atoms with Crippen molar-refractivity contribution in [1.82, 2.24) is 0 Å². The zero-order valence-electron chi connectivity index (χ0n) is 8.72. The van der Waals surface area contributed by atoms with Crippen LogP contribution in [0.15, 0.2) is 18.2 Å². The van der Waals surface area contributed by atoms with Crippen LogP contribution in [0.25, 0.3) is 0 Å². The van der Waals surface area contributed by atoms with Crippen molar-refractivity contribution in [2.75, 3.05) is 36.5 Å². The van der Waals surface area contributed by atoms with Crippen LogP contribution in [0.1, 0.15) is 0 Å². The second-order valence-electron chi connectivity index (χ2n) is 3.60. The largest absolute Gasteiger partial charge is 0.395 e. The van der Waals surface area contributed by atoms with Crippen molar-refractivity contribution < 1.29 is 10.0 Å². The van der Waals surface area contributed by atoms with E-state index in [0.29, 0.717) is 6.54 Å². The summed E-state index contributed by atoms with van der Waals surface area (Å²) in [7, 11) is 0. The molecule has 1 aromatic rings. The highest BCUT2D eigenvalue weighted by atomic mass is 16.6. The van der Waals surface area contributed by atoms with E-state index < -0.39 is 4.92 Å². The quantitative estimate of drug-likeness (QED) is 0.586. The summed E-state index contributed by atoms with van der Waals surface area (Å²) in [5.74, 6) is 0. The van der Waals surface area contributed by atoms with Gasteiger partial charge < -0.3 is 15.3 Å². The van der Waals surface area contributed by atoms with Gasteiger partial charge in [0.1, 0.15) is 0 Å². The zero-order valence-corrected chi connectivity index (χ0v) is 8.72. The molecular formula is C10H13N3O3. The molecule has 2 N–H and O–H groups in total. The highest BCUT2D eigenvalue weighted by molar-refractivity contribution is 5.74. The summed E-state index contributed by atoms with van der Waals surface area (Å²) < 4.78 is 0. The topological polar surface area (TPSA) is 78.6 Å². The number of nitrogens with zero attached hydrogens (tertiary/aromatic N) is 2.